The fourth-order valence-corrected chi connectivity index (χ4v) is 1.49. The van der Waals surface area contributed by atoms with Crippen molar-refractivity contribution in [1.82, 2.24) is 4.90 Å². The van der Waals surface area contributed by atoms with E-state index in [2.05, 4.69) is 0 Å². The van der Waals surface area contributed by atoms with E-state index in [0.29, 0.717) is 32.9 Å². The number of aliphatic hydroxyl groups excluding tert-OH is 1. The molecule has 0 saturated carbocycles. The highest BCUT2D eigenvalue weighted by molar-refractivity contribution is 5.81. The number of rotatable bonds is 6. The third kappa shape index (κ3) is 4.05. The second kappa shape index (κ2) is 7.56. The average molecular weight is 233 g/mol. The van der Waals surface area contributed by atoms with Gasteiger partial charge in [0.25, 0.3) is 5.91 Å². The van der Waals surface area contributed by atoms with Gasteiger partial charge in [-0.1, -0.05) is 0 Å². The Morgan fingerprint density at radius 3 is 2.88 bits per heavy atom. The maximum atomic E-state index is 11.9. The highest BCUT2D eigenvalue weighted by Gasteiger charge is 2.26. The van der Waals surface area contributed by atoms with Gasteiger partial charge in [0.05, 0.1) is 33.0 Å². The quantitative estimate of drug-likeness (QED) is 0.628. The molecule has 0 aliphatic carbocycles. The summed E-state index contributed by atoms with van der Waals surface area (Å²) in [6, 6.07) is 0. The third-order valence-electron chi connectivity index (χ3n) is 2.34. The van der Waals surface area contributed by atoms with Gasteiger partial charge in [-0.3, -0.25) is 4.79 Å². The summed E-state index contributed by atoms with van der Waals surface area (Å²) in [5.74, 6) is -0.147. The summed E-state index contributed by atoms with van der Waals surface area (Å²) in [7, 11) is 1.57. The molecule has 1 heterocycles. The second-order valence-electron chi connectivity index (χ2n) is 3.48. The predicted molar refractivity (Wildman–Crippen MR) is 56.1 cm³/mol. The van der Waals surface area contributed by atoms with Crippen molar-refractivity contribution in [2.45, 2.75) is 6.10 Å². The molecule has 1 fully saturated rings. The van der Waals surface area contributed by atoms with Crippen LogP contribution in [0, 0.1) is 0 Å². The van der Waals surface area contributed by atoms with Gasteiger partial charge >= 0.3 is 0 Å². The molecule has 1 amide bonds. The molecule has 1 atom stereocenters. The van der Waals surface area contributed by atoms with E-state index in [-0.39, 0.29) is 19.1 Å². The maximum absolute atomic E-state index is 11.9. The lowest BCUT2D eigenvalue weighted by Crippen LogP contribution is -2.47. The van der Waals surface area contributed by atoms with Crippen LogP contribution in [0.25, 0.3) is 0 Å². The molecule has 0 bridgehead atoms. The standard InChI is InChI=1S/C10H19NO5/c1-14-5-3-11(2-4-12)10(13)9-8-15-6-7-16-9/h9,12H,2-8H2,1H3. The molecule has 0 aromatic carbocycles. The van der Waals surface area contributed by atoms with Crippen molar-refractivity contribution in [3.05, 3.63) is 0 Å². The molecule has 1 rings (SSSR count). The van der Waals surface area contributed by atoms with E-state index in [9.17, 15) is 4.79 Å². The molecule has 0 radical (unpaired) electrons. The van der Waals surface area contributed by atoms with E-state index in [0.717, 1.165) is 0 Å². The van der Waals surface area contributed by atoms with E-state index in [4.69, 9.17) is 19.3 Å². The normalized spacial score (nSPS) is 20.8. The molecule has 0 aromatic heterocycles. The van der Waals surface area contributed by atoms with Crippen LogP contribution >= 0.6 is 0 Å². The lowest BCUT2D eigenvalue weighted by atomic mass is 10.3. The minimum atomic E-state index is -0.544. The first-order chi connectivity index (χ1) is 7.79. The third-order valence-corrected chi connectivity index (χ3v) is 2.34. The smallest absolute Gasteiger partial charge is 0.254 e. The van der Waals surface area contributed by atoms with E-state index < -0.39 is 6.10 Å². The molecule has 1 aliphatic rings. The van der Waals surface area contributed by atoms with E-state index >= 15 is 0 Å². The highest BCUT2D eigenvalue weighted by atomic mass is 16.6. The zero-order valence-electron chi connectivity index (χ0n) is 9.55. The van der Waals surface area contributed by atoms with Crippen LogP contribution in [-0.4, -0.2) is 75.3 Å². The summed E-state index contributed by atoms with van der Waals surface area (Å²) in [5, 5.41) is 8.88. The Hall–Kier alpha value is -0.690. The highest BCUT2D eigenvalue weighted by Crippen LogP contribution is 2.05. The van der Waals surface area contributed by atoms with Crippen LogP contribution in [0.15, 0.2) is 0 Å². The van der Waals surface area contributed by atoms with Crippen molar-refractivity contribution in [2.75, 3.05) is 53.2 Å². The summed E-state index contributed by atoms with van der Waals surface area (Å²) in [5.41, 5.74) is 0. The Bertz CT molecular complexity index is 205. The number of amides is 1. The van der Waals surface area contributed by atoms with Gasteiger partial charge in [0.15, 0.2) is 6.10 Å². The molecular weight excluding hydrogens is 214 g/mol. The Morgan fingerprint density at radius 1 is 1.50 bits per heavy atom. The number of hydrogen-bond acceptors (Lipinski definition) is 5. The van der Waals surface area contributed by atoms with Crippen molar-refractivity contribution < 1.29 is 24.1 Å². The zero-order valence-corrected chi connectivity index (χ0v) is 9.55. The fraction of sp³-hybridized carbons (Fsp3) is 0.900. The molecule has 16 heavy (non-hydrogen) atoms. The van der Waals surface area contributed by atoms with Crippen molar-refractivity contribution >= 4 is 5.91 Å². The molecule has 0 aromatic rings. The number of carbonyl (C=O) groups excluding carboxylic acids is 1. The van der Waals surface area contributed by atoms with E-state index in [1.165, 1.54) is 4.90 Å². The topological polar surface area (TPSA) is 68.2 Å². The van der Waals surface area contributed by atoms with Gasteiger partial charge < -0.3 is 24.2 Å². The minimum Gasteiger partial charge on any atom is -0.395 e. The SMILES string of the molecule is COCCN(CCO)C(=O)C1COCCO1. The summed E-state index contributed by atoms with van der Waals surface area (Å²) in [6.07, 6.45) is -0.544. The van der Waals surface area contributed by atoms with Crippen LogP contribution in [0.1, 0.15) is 0 Å². The number of ether oxygens (including phenoxy) is 3. The molecule has 1 unspecified atom stereocenters. The van der Waals surface area contributed by atoms with Crippen LogP contribution in [0.4, 0.5) is 0 Å². The minimum absolute atomic E-state index is 0.0664. The average Bonchev–Trinajstić information content (AvgIpc) is 2.35. The van der Waals surface area contributed by atoms with Crippen LogP contribution in [0.5, 0.6) is 0 Å². The van der Waals surface area contributed by atoms with Gasteiger partial charge in [-0.2, -0.15) is 0 Å². The van der Waals surface area contributed by atoms with Gasteiger partial charge in [0.2, 0.25) is 0 Å². The summed E-state index contributed by atoms with van der Waals surface area (Å²) in [6.45, 7) is 2.38. The molecule has 94 valence electrons. The number of methoxy groups -OCH3 is 1. The number of carbonyl (C=O) groups is 1. The first-order valence-electron chi connectivity index (χ1n) is 5.37. The lowest BCUT2D eigenvalue weighted by molar-refractivity contribution is -0.159. The zero-order chi connectivity index (χ0) is 11.8. The Kier molecular flexibility index (Phi) is 6.32. The van der Waals surface area contributed by atoms with Gasteiger partial charge in [-0.25, -0.2) is 0 Å². The summed E-state index contributed by atoms with van der Waals surface area (Å²) in [4.78, 5) is 13.5. The van der Waals surface area contributed by atoms with Crippen LogP contribution in [0.3, 0.4) is 0 Å². The molecular formula is C10H19NO5. The number of hydrogen-bond donors (Lipinski definition) is 1. The van der Waals surface area contributed by atoms with Gasteiger partial charge in [-0.15, -0.1) is 0 Å². The first kappa shape index (κ1) is 13.4. The van der Waals surface area contributed by atoms with Crippen LogP contribution in [-0.2, 0) is 19.0 Å². The van der Waals surface area contributed by atoms with Gasteiger partial charge in [0, 0.05) is 20.2 Å². The molecule has 1 N–H and O–H groups in total. The largest absolute Gasteiger partial charge is 0.395 e. The van der Waals surface area contributed by atoms with Crippen molar-refractivity contribution in [3.63, 3.8) is 0 Å². The molecule has 1 aliphatic heterocycles. The number of aliphatic hydroxyl groups is 1. The second-order valence-corrected chi connectivity index (χ2v) is 3.48. The number of nitrogens with zero attached hydrogens (tertiary/aromatic N) is 1. The van der Waals surface area contributed by atoms with Crippen LogP contribution < -0.4 is 0 Å². The van der Waals surface area contributed by atoms with Crippen molar-refractivity contribution in [3.8, 4) is 0 Å². The maximum Gasteiger partial charge on any atom is 0.254 e. The molecule has 6 heteroatoms. The predicted octanol–water partition coefficient (Wildman–Crippen LogP) is -1.13. The Balaban J connectivity index is 2.44. The molecule has 0 spiro atoms. The van der Waals surface area contributed by atoms with Gasteiger partial charge in [0.1, 0.15) is 0 Å². The molecule has 6 nitrogen and oxygen atoms in total. The van der Waals surface area contributed by atoms with E-state index in [1.54, 1.807) is 7.11 Å². The van der Waals surface area contributed by atoms with Crippen molar-refractivity contribution in [1.29, 1.82) is 0 Å². The Morgan fingerprint density at radius 2 is 2.31 bits per heavy atom. The van der Waals surface area contributed by atoms with E-state index in [1.807, 2.05) is 0 Å². The monoisotopic (exact) mass is 233 g/mol. The molecule has 1 saturated heterocycles. The first-order valence-corrected chi connectivity index (χ1v) is 5.37. The van der Waals surface area contributed by atoms with Crippen molar-refractivity contribution in [2.24, 2.45) is 0 Å². The van der Waals surface area contributed by atoms with Crippen LogP contribution in [0.2, 0.25) is 0 Å². The fourth-order valence-electron chi connectivity index (χ4n) is 1.49. The summed E-state index contributed by atoms with van der Waals surface area (Å²) >= 11 is 0. The summed E-state index contributed by atoms with van der Waals surface area (Å²) < 4.78 is 15.4. The Labute approximate surface area is 95.1 Å². The lowest BCUT2D eigenvalue weighted by Gasteiger charge is -2.28. The van der Waals surface area contributed by atoms with Gasteiger partial charge in [-0.05, 0) is 0 Å².